The van der Waals surface area contributed by atoms with Crippen molar-refractivity contribution in [2.75, 3.05) is 13.1 Å². The normalized spacial score (nSPS) is 14.1. The Kier molecular flexibility index (Phi) is 2.64. The molecule has 2 aromatic rings. The average molecular weight is 240 g/mol. The number of carbonyl (C=O) groups is 1. The van der Waals surface area contributed by atoms with Gasteiger partial charge in [0.05, 0.1) is 11.9 Å². The summed E-state index contributed by atoms with van der Waals surface area (Å²) in [4.78, 5) is 13.8. The van der Waals surface area contributed by atoms with Crippen LogP contribution in [0.3, 0.4) is 0 Å². The van der Waals surface area contributed by atoms with Crippen molar-refractivity contribution in [3.8, 4) is 5.69 Å². The molecule has 0 unspecified atom stereocenters. The molecule has 1 aromatic heterocycles. The fraction of sp³-hybridized carbons (Fsp3) is 0.154. The van der Waals surface area contributed by atoms with Crippen molar-refractivity contribution in [2.24, 2.45) is 0 Å². The van der Waals surface area contributed by atoms with E-state index in [1.165, 1.54) is 0 Å². The molecule has 0 fully saturated rings. The van der Waals surface area contributed by atoms with Crippen molar-refractivity contribution in [1.82, 2.24) is 19.9 Å². The van der Waals surface area contributed by atoms with Gasteiger partial charge in [-0.1, -0.05) is 35.6 Å². The molecule has 0 spiro atoms. The van der Waals surface area contributed by atoms with E-state index in [0.29, 0.717) is 18.8 Å². The maximum atomic E-state index is 12.1. The lowest BCUT2D eigenvalue weighted by atomic mass is 10.3. The Bertz CT molecular complexity index is 580. The van der Waals surface area contributed by atoms with Crippen molar-refractivity contribution in [2.45, 2.75) is 0 Å². The van der Waals surface area contributed by atoms with Gasteiger partial charge in [0, 0.05) is 13.1 Å². The van der Waals surface area contributed by atoms with Gasteiger partial charge < -0.3 is 4.90 Å². The summed E-state index contributed by atoms with van der Waals surface area (Å²) < 4.78 is 1.61. The zero-order valence-electron chi connectivity index (χ0n) is 9.73. The van der Waals surface area contributed by atoms with Crippen molar-refractivity contribution in [3.63, 3.8) is 0 Å². The first-order chi connectivity index (χ1) is 8.84. The van der Waals surface area contributed by atoms with Gasteiger partial charge in [0.2, 0.25) is 0 Å². The first-order valence-corrected chi connectivity index (χ1v) is 5.76. The number of benzene rings is 1. The third-order valence-electron chi connectivity index (χ3n) is 2.84. The van der Waals surface area contributed by atoms with Crippen LogP contribution in [-0.2, 0) is 0 Å². The monoisotopic (exact) mass is 240 g/mol. The predicted octanol–water partition coefficient (Wildman–Crippen LogP) is 1.28. The van der Waals surface area contributed by atoms with Crippen LogP contribution in [0.1, 0.15) is 10.5 Å². The predicted molar refractivity (Wildman–Crippen MR) is 66.4 cm³/mol. The van der Waals surface area contributed by atoms with Crippen molar-refractivity contribution >= 4 is 5.91 Å². The van der Waals surface area contributed by atoms with E-state index in [9.17, 15) is 4.79 Å². The summed E-state index contributed by atoms with van der Waals surface area (Å²) in [5.74, 6) is -0.0813. The van der Waals surface area contributed by atoms with Gasteiger partial charge in [-0.05, 0) is 12.1 Å². The summed E-state index contributed by atoms with van der Waals surface area (Å²) in [6.45, 7) is 1.30. The van der Waals surface area contributed by atoms with E-state index in [0.717, 1.165) is 5.69 Å². The van der Waals surface area contributed by atoms with Crippen molar-refractivity contribution in [1.29, 1.82) is 0 Å². The molecule has 5 heteroatoms. The minimum Gasteiger partial charge on any atom is -0.330 e. The van der Waals surface area contributed by atoms with Crippen LogP contribution < -0.4 is 0 Å². The molecule has 0 aliphatic carbocycles. The van der Waals surface area contributed by atoms with E-state index in [4.69, 9.17) is 0 Å². The SMILES string of the molecule is O=C(c1cn(-c2ccccc2)nn1)N1CC=CC1. The molecule has 0 N–H and O–H groups in total. The zero-order chi connectivity index (χ0) is 12.4. The molecule has 90 valence electrons. The Labute approximate surface area is 104 Å². The standard InChI is InChI=1S/C13H12N4O/c18-13(16-8-4-5-9-16)12-10-17(15-14-12)11-6-2-1-3-7-11/h1-7,10H,8-9H2. The van der Waals surface area contributed by atoms with E-state index >= 15 is 0 Å². The molecule has 0 atom stereocenters. The molecule has 0 saturated heterocycles. The van der Waals surface area contributed by atoms with Gasteiger partial charge in [0.25, 0.3) is 5.91 Å². The molecule has 0 saturated carbocycles. The summed E-state index contributed by atoms with van der Waals surface area (Å²) in [5, 5.41) is 7.91. The van der Waals surface area contributed by atoms with Gasteiger partial charge in [-0.25, -0.2) is 4.68 Å². The molecule has 1 amide bonds. The van der Waals surface area contributed by atoms with Crippen LogP contribution in [0.2, 0.25) is 0 Å². The number of hydrogen-bond donors (Lipinski definition) is 0. The molecular formula is C13H12N4O. The third kappa shape index (κ3) is 1.90. The minimum absolute atomic E-state index is 0.0813. The lowest BCUT2D eigenvalue weighted by Crippen LogP contribution is -2.28. The Hall–Kier alpha value is -2.43. The van der Waals surface area contributed by atoms with Gasteiger partial charge in [0.15, 0.2) is 5.69 Å². The number of hydrogen-bond acceptors (Lipinski definition) is 3. The summed E-state index contributed by atoms with van der Waals surface area (Å²) >= 11 is 0. The maximum absolute atomic E-state index is 12.1. The van der Waals surface area contributed by atoms with E-state index in [1.54, 1.807) is 15.8 Å². The Morgan fingerprint density at radius 1 is 1.11 bits per heavy atom. The summed E-state index contributed by atoms with van der Waals surface area (Å²) in [5.41, 5.74) is 1.27. The number of carbonyl (C=O) groups excluding carboxylic acids is 1. The second-order valence-electron chi connectivity index (χ2n) is 4.07. The number of amides is 1. The molecule has 5 nitrogen and oxygen atoms in total. The minimum atomic E-state index is -0.0813. The van der Waals surface area contributed by atoms with Crippen molar-refractivity contribution < 1.29 is 4.79 Å². The highest BCUT2D eigenvalue weighted by atomic mass is 16.2. The van der Waals surface area contributed by atoms with Crippen LogP contribution in [0.4, 0.5) is 0 Å². The van der Waals surface area contributed by atoms with Crippen molar-refractivity contribution in [3.05, 3.63) is 54.4 Å². The molecule has 3 rings (SSSR count). The summed E-state index contributed by atoms with van der Waals surface area (Å²) in [6.07, 6.45) is 5.61. The van der Waals surface area contributed by atoms with E-state index < -0.39 is 0 Å². The van der Waals surface area contributed by atoms with Gasteiger partial charge >= 0.3 is 0 Å². The Morgan fingerprint density at radius 2 is 1.83 bits per heavy atom. The fourth-order valence-electron chi connectivity index (χ4n) is 1.87. The molecule has 2 heterocycles. The van der Waals surface area contributed by atoms with Crippen LogP contribution in [0.5, 0.6) is 0 Å². The number of para-hydroxylation sites is 1. The molecule has 1 aliphatic rings. The van der Waals surface area contributed by atoms with Gasteiger partial charge in [0.1, 0.15) is 0 Å². The summed E-state index contributed by atoms with van der Waals surface area (Å²) in [6, 6.07) is 9.61. The van der Waals surface area contributed by atoms with Crippen LogP contribution in [0.15, 0.2) is 48.7 Å². The highest BCUT2D eigenvalue weighted by molar-refractivity contribution is 5.92. The number of nitrogens with zero attached hydrogens (tertiary/aromatic N) is 4. The average Bonchev–Trinajstić information content (AvgIpc) is 3.10. The zero-order valence-corrected chi connectivity index (χ0v) is 9.73. The number of aromatic nitrogens is 3. The molecule has 0 radical (unpaired) electrons. The van der Waals surface area contributed by atoms with Crippen LogP contribution in [-0.4, -0.2) is 38.9 Å². The molecular weight excluding hydrogens is 228 g/mol. The van der Waals surface area contributed by atoms with E-state index in [1.807, 2.05) is 42.5 Å². The number of rotatable bonds is 2. The van der Waals surface area contributed by atoms with Crippen LogP contribution >= 0.6 is 0 Å². The van der Waals surface area contributed by atoms with Gasteiger partial charge in [-0.3, -0.25) is 4.79 Å². The van der Waals surface area contributed by atoms with Crippen LogP contribution in [0.25, 0.3) is 5.69 Å². The summed E-state index contributed by atoms with van der Waals surface area (Å²) in [7, 11) is 0. The quantitative estimate of drug-likeness (QED) is 0.743. The van der Waals surface area contributed by atoms with Crippen LogP contribution in [0, 0.1) is 0 Å². The smallest absolute Gasteiger partial charge is 0.276 e. The largest absolute Gasteiger partial charge is 0.330 e. The molecule has 0 bridgehead atoms. The lowest BCUT2D eigenvalue weighted by molar-refractivity contribution is 0.0794. The Morgan fingerprint density at radius 3 is 2.56 bits per heavy atom. The van der Waals surface area contributed by atoms with Gasteiger partial charge in [-0.2, -0.15) is 0 Å². The topological polar surface area (TPSA) is 51.0 Å². The maximum Gasteiger partial charge on any atom is 0.276 e. The highest BCUT2D eigenvalue weighted by Crippen LogP contribution is 2.09. The lowest BCUT2D eigenvalue weighted by Gasteiger charge is -2.12. The first kappa shape index (κ1) is 10.7. The van der Waals surface area contributed by atoms with Gasteiger partial charge in [-0.15, -0.1) is 5.10 Å². The fourth-order valence-corrected chi connectivity index (χ4v) is 1.87. The Balaban J connectivity index is 1.83. The third-order valence-corrected chi connectivity index (χ3v) is 2.84. The second-order valence-corrected chi connectivity index (χ2v) is 4.07. The van der Waals surface area contributed by atoms with E-state index in [2.05, 4.69) is 10.3 Å². The molecule has 18 heavy (non-hydrogen) atoms. The first-order valence-electron chi connectivity index (χ1n) is 5.76. The second kappa shape index (κ2) is 4.44. The molecule has 1 aliphatic heterocycles. The molecule has 1 aromatic carbocycles. The van der Waals surface area contributed by atoms with E-state index in [-0.39, 0.29) is 5.91 Å². The highest BCUT2D eigenvalue weighted by Gasteiger charge is 2.19.